The van der Waals surface area contributed by atoms with Crippen LogP contribution in [0.15, 0.2) is 71.2 Å². The first-order valence-electron chi connectivity index (χ1n) is 11.6. The number of ether oxygens (including phenoxy) is 4. The summed E-state index contributed by atoms with van der Waals surface area (Å²) in [5.41, 5.74) is 9.35. The molecule has 0 aliphatic heterocycles. The van der Waals surface area contributed by atoms with Gasteiger partial charge in [-0.15, -0.1) is 11.3 Å². The molecular formula is C28H26BrClN2O5S. The van der Waals surface area contributed by atoms with Crippen LogP contribution in [-0.4, -0.2) is 26.8 Å². The average molecular weight is 618 g/mol. The summed E-state index contributed by atoms with van der Waals surface area (Å²) < 4.78 is 22.9. The molecule has 0 amide bonds. The van der Waals surface area contributed by atoms with Crippen LogP contribution in [0.2, 0.25) is 5.02 Å². The lowest BCUT2D eigenvalue weighted by Crippen LogP contribution is -2.05. The Bertz CT molecular complexity index is 1410. The van der Waals surface area contributed by atoms with Gasteiger partial charge in [-0.25, -0.2) is 4.79 Å². The number of anilines is 3. The standard InChI is InChI=1S/C28H26BrClN2O5S/c1-34-19-9-7-17(8-10-19)16-37-24-14-23(22(31)13-20(24)29)32-26-15-25(27(38-26)28(33)35-2)36-12-11-18-5-3-4-6-21(18)30/h3-10,13-15,32H,11-12,16,31H2,1-2H3. The Balaban J connectivity index is 1.48. The van der Waals surface area contributed by atoms with E-state index in [-0.39, 0.29) is 0 Å². The van der Waals surface area contributed by atoms with E-state index in [1.54, 1.807) is 25.3 Å². The van der Waals surface area contributed by atoms with E-state index in [1.165, 1.54) is 18.4 Å². The highest BCUT2D eigenvalue weighted by Gasteiger charge is 2.20. The van der Waals surface area contributed by atoms with Crippen LogP contribution in [-0.2, 0) is 17.8 Å². The summed E-state index contributed by atoms with van der Waals surface area (Å²) in [6.07, 6.45) is 0.591. The molecule has 0 saturated heterocycles. The minimum atomic E-state index is -0.483. The number of carbonyl (C=O) groups excluding carboxylic acids is 1. The molecule has 3 N–H and O–H groups in total. The van der Waals surface area contributed by atoms with Crippen molar-refractivity contribution in [1.29, 1.82) is 0 Å². The van der Waals surface area contributed by atoms with Crippen LogP contribution in [0.4, 0.5) is 16.4 Å². The molecule has 1 aromatic heterocycles. The van der Waals surface area contributed by atoms with Crippen LogP contribution < -0.4 is 25.3 Å². The van der Waals surface area contributed by atoms with Crippen LogP contribution in [0.5, 0.6) is 17.2 Å². The summed E-state index contributed by atoms with van der Waals surface area (Å²) in [4.78, 5) is 12.8. The van der Waals surface area contributed by atoms with Crippen LogP contribution in [0.3, 0.4) is 0 Å². The third-order valence-corrected chi connectivity index (χ3v) is 7.57. The molecule has 4 aromatic rings. The van der Waals surface area contributed by atoms with E-state index in [4.69, 9.17) is 36.3 Å². The first-order valence-corrected chi connectivity index (χ1v) is 13.6. The number of carbonyl (C=O) groups is 1. The van der Waals surface area contributed by atoms with Gasteiger partial charge in [0.25, 0.3) is 0 Å². The molecular weight excluding hydrogens is 592 g/mol. The van der Waals surface area contributed by atoms with Gasteiger partial charge in [0, 0.05) is 23.6 Å². The average Bonchev–Trinajstić information content (AvgIpc) is 3.33. The van der Waals surface area contributed by atoms with E-state index in [0.29, 0.717) is 57.4 Å². The summed E-state index contributed by atoms with van der Waals surface area (Å²) in [5, 5.41) is 4.61. The van der Waals surface area contributed by atoms with E-state index < -0.39 is 5.97 Å². The van der Waals surface area contributed by atoms with Gasteiger partial charge >= 0.3 is 5.97 Å². The van der Waals surface area contributed by atoms with Gasteiger partial charge in [-0.05, 0) is 51.3 Å². The smallest absolute Gasteiger partial charge is 0.351 e. The molecule has 0 unspecified atom stereocenters. The zero-order chi connectivity index (χ0) is 27.1. The van der Waals surface area contributed by atoms with Crippen LogP contribution >= 0.6 is 38.9 Å². The Labute approximate surface area is 238 Å². The maximum Gasteiger partial charge on any atom is 0.351 e. The lowest BCUT2D eigenvalue weighted by molar-refractivity contribution is 0.0602. The largest absolute Gasteiger partial charge is 0.497 e. The Morgan fingerprint density at radius 2 is 1.79 bits per heavy atom. The van der Waals surface area contributed by atoms with Crippen molar-refractivity contribution in [2.75, 3.05) is 31.9 Å². The highest BCUT2D eigenvalue weighted by atomic mass is 79.9. The molecule has 7 nitrogen and oxygen atoms in total. The van der Waals surface area contributed by atoms with Gasteiger partial charge in [0.2, 0.25) is 0 Å². The van der Waals surface area contributed by atoms with Crippen molar-refractivity contribution in [3.8, 4) is 17.2 Å². The zero-order valence-corrected chi connectivity index (χ0v) is 23.9. The number of nitrogens with one attached hydrogen (secondary N) is 1. The third kappa shape index (κ3) is 6.92. The maximum absolute atomic E-state index is 12.4. The fraction of sp³-hybridized carbons (Fsp3) is 0.179. The molecule has 0 saturated carbocycles. The first kappa shape index (κ1) is 27.6. The number of thiophene rings is 1. The molecule has 198 valence electrons. The van der Waals surface area contributed by atoms with E-state index in [0.717, 1.165) is 21.3 Å². The molecule has 0 fully saturated rings. The third-order valence-electron chi connectivity index (χ3n) is 5.57. The molecule has 0 aliphatic carbocycles. The van der Waals surface area contributed by atoms with Crippen molar-refractivity contribution in [2.45, 2.75) is 13.0 Å². The number of esters is 1. The van der Waals surface area contributed by atoms with E-state index in [1.807, 2.05) is 48.5 Å². The summed E-state index contributed by atoms with van der Waals surface area (Å²) >= 11 is 11.0. The summed E-state index contributed by atoms with van der Waals surface area (Å²) in [5.74, 6) is 1.33. The Morgan fingerprint density at radius 1 is 1.03 bits per heavy atom. The first-order chi connectivity index (χ1) is 18.4. The second-order valence-corrected chi connectivity index (χ2v) is 10.4. The van der Waals surface area contributed by atoms with E-state index in [2.05, 4.69) is 21.2 Å². The number of hydrogen-bond acceptors (Lipinski definition) is 8. The van der Waals surface area contributed by atoms with E-state index in [9.17, 15) is 4.79 Å². The van der Waals surface area contributed by atoms with Gasteiger partial charge in [0.15, 0.2) is 4.88 Å². The Morgan fingerprint density at radius 3 is 2.50 bits per heavy atom. The molecule has 3 aromatic carbocycles. The number of benzene rings is 3. The van der Waals surface area contributed by atoms with Gasteiger partial charge in [-0.1, -0.05) is 41.9 Å². The van der Waals surface area contributed by atoms with Crippen molar-refractivity contribution in [1.82, 2.24) is 0 Å². The number of methoxy groups -OCH3 is 2. The van der Waals surface area contributed by atoms with Crippen molar-refractivity contribution < 1.29 is 23.7 Å². The highest BCUT2D eigenvalue weighted by Crippen LogP contribution is 2.40. The molecule has 0 bridgehead atoms. The lowest BCUT2D eigenvalue weighted by atomic mass is 10.2. The molecule has 10 heteroatoms. The minimum Gasteiger partial charge on any atom is -0.497 e. The van der Waals surface area contributed by atoms with Gasteiger partial charge in [-0.2, -0.15) is 0 Å². The van der Waals surface area contributed by atoms with Crippen molar-refractivity contribution in [2.24, 2.45) is 0 Å². The molecule has 4 rings (SSSR count). The quantitative estimate of drug-likeness (QED) is 0.133. The molecule has 0 spiro atoms. The fourth-order valence-corrected chi connectivity index (χ4v) is 5.19. The predicted molar refractivity (Wildman–Crippen MR) is 155 cm³/mol. The SMILES string of the molecule is COC(=O)c1sc(Nc2cc(OCc3ccc(OC)cc3)c(Br)cc2N)cc1OCCc1ccccc1Cl. The van der Waals surface area contributed by atoms with Gasteiger partial charge in [0.05, 0.1) is 41.7 Å². The van der Waals surface area contributed by atoms with Crippen molar-refractivity contribution in [3.63, 3.8) is 0 Å². The Hall–Kier alpha value is -3.40. The zero-order valence-electron chi connectivity index (χ0n) is 20.8. The molecule has 0 aliphatic rings. The number of rotatable bonds is 11. The normalized spacial score (nSPS) is 10.6. The molecule has 1 heterocycles. The molecule has 0 radical (unpaired) electrons. The van der Waals surface area contributed by atoms with Crippen LogP contribution in [0.1, 0.15) is 20.8 Å². The minimum absolute atomic E-state index is 0.341. The van der Waals surface area contributed by atoms with Crippen LogP contribution in [0.25, 0.3) is 0 Å². The molecule has 38 heavy (non-hydrogen) atoms. The Kier molecular flexibility index (Phi) is 9.38. The van der Waals surface area contributed by atoms with Gasteiger partial charge in [-0.3, -0.25) is 0 Å². The predicted octanol–water partition coefficient (Wildman–Crippen LogP) is 7.49. The monoisotopic (exact) mass is 616 g/mol. The second kappa shape index (κ2) is 12.9. The number of halogens is 2. The lowest BCUT2D eigenvalue weighted by Gasteiger charge is -2.13. The summed E-state index contributed by atoms with van der Waals surface area (Å²) in [6.45, 7) is 0.703. The topological polar surface area (TPSA) is 92.0 Å². The molecule has 0 atom stereocenters. The number of nitrogen functional groups attached to an aromatic ring is 1. The highest BCUT2D eigenvalue weighted by molar-refractivity contribution is 9.10. The summed E-state index contributed by atoms with van der Waals surface area (Å²) in [7, 11) is 2.96. The maximum atomic E-state index is 12.4. The number of hydrogen-bond donors (Lipinski definition) is 2. The van der Waals surface area contributed by atoms with Crippen molar-refractivity contribution in [3.05, 3.63) is 92.2 Å². The fourth-order valence-electron chi connectivity index (χ4n) is 3.55. The van der Waals surface area contributed by atoms with Crippen molar-refractivity contribution >= 4 is 61.2 Å². The second-order valence-electron chi connectivity index (χ2n) is 8.12. The summed E-state index contributed by atoms with van der Waals surface area (Å²) in [6, 6.07) is 20.5. The number of nitrogens with two attached hydrogens (primary N) is 1. The van der Waals surface area contributed by atoms with Crippen LogP contribution in [0, 0.1) is 0 Å². The van der Waals surface area contributed by atoms with Gasteiger partial charge < -0.3 is 30.0 Å². The van der Waals surface area contributed by atoms with E-state index >= 15 is 0 Å². The van der Waals surface area contributed by atoms with Gasteiger partial charge in [0.1, 0.15) is 23.9 Å².